The standard InChI is InChI=1S/C14H15ClN2O3S/c1-9-7-13(10(2)6-12(9)20-3)21(18,19)17-14-5-4-11(15)8-16-14/h4-8H,1-3H3,(H,16,17). The van der Waals surface area contributed by atoms with Crippen LogP contribution in [0.2, 0.25) is 5.02 Å². The van der Waals surface area contributed by atoms with E-state index in [0.29, 0.717) is 16.3 Å². The van der Waals surface area contributed by atoms with E-state index >= 15 is 0 Å². The van der Waals surface area contributed by atoms with Crippen LogP contribution >= 0.6 is 11.6 Å². The fourth-order valence-electron chi connectivity index (χ4n) is 1.90. The number of aryl methyl sites for hydroxylation is 2. The lowest BCUT2D eigenvalue weighted by Crippen LogP contribution is -2.15. The van der Waals surface area contributed by atoms with Gasteiger partial charge < -0.3 is 4.74 Å². The maximum atomic E-state index is 12.4. The van der Waals surface area contributed by atoms with Crippen LogP contribution in [0.15, 0.2) is 35.4 Å². The molecule has 0 spiro atoms. The van der Waals surface area contributed by atoms with Gasteiger partial charge in [-0.25, -0.2) is 13.4 Å². The Morgan fingerprint density at radius 3 is 2.48 bits per heavy atom. The van der Waals surface area contributed by atoms with Crippen LogP contribution in [0.4, 0.5) is 5.82 Å². The fraction of sp³-hybridized carbons (Fsp3) is 0.214. The van der Waals surface area contributed by atoms with E-state index in [1.54, 1.807) is 39.2 Å². The van der Waals surface area contributed by atoms with Crippen LogP contribution in [0.25, 0.3) is 0 Å². The fourth-order valence-corrected chi connectivity index (χ4v) is 3.33. The van der Waals surface area contributed by atoms with Crippen molar-refractivity contribution in [3.63, 3.8) is 0 Å². The topological polar surface area (TPSA) is 68.3 Å². The van der Waals surface area contributed by atoms with Gasteiger partial charge in [-0.2, -0.15) is 0 Å². The summed E-state index contributed by atoms with van der Waals surface area (Å²) in [5.74, 6) is 0.864. The monoisotopic (exact) mass is 326 g/mol. The van der Waals surface area contributed by atoms with Crippen LogP contribution in [0.1, 0.15) is 11.1 Å². The number of sulfonamides is 1. The number of ether oxygens (including phenoxy) is 1. The average Bonchev–Trinajstić information content (AvgIpc) is 2.43. The number of nitrogens with one attached hydrogen (secondary N) is 1. The molecule has 0 saturated carbocycles. The Morgan fingerprint density at radius 2 is 1.90 bits per heavy atom. The van der Waals surface area contributed by atoms with Crippen molar-refractivity contribution in [2.24, 2.45) is 0 Å². The molecule has 1 aromatic heterocycles. The first-order valence-corrected chi connectivity index (χ1v) is 7.99. The van der Waals surface area contributed by atoms with Gasteiger partial charge in [0.15, 0.2) is 0 Å². The number of rotatable bonds is 4. The molecule has 5 nitrogen and oxygen atoms in total. The summed E-state index contributed by atoms with van der Waals surface area (Å²) >= 11 is 5.73. The molecule has 21 heavy (non-hydrogen) atoms. The van der Waals surface area contributed by atoms with Gasteiger partial charge in [0.25, 0.3) is 10.0 Å². The van der Waals surface area contributed by atoms with E-state index in [0.717, 1.165) is 5.56 Å². The largest absolute Gasteiger partial charge is 0.496 e. The third kappa shape index (κ3) is 3.46. The number of nitrogens with zero attached hydrogens (tertiary/aromatic N) is 1. The first-order chi connectivity index (χ1) is 9.83. The van der Waals surface area contributed by atoms with Crippen molar-refractivity contribution in [2.45, 2.75) is 18.7 Å². The quantitative estimate of drug-likeness (QED) is 0.937. The highest BCUT2D eigenvalue weighted by atomic mass is 35.5. The summed E-state index contributed by atoms with van der Waals surface area (Å²) in [5, 5.41) is 0.439. The molecule has 0 aliphatic carbocycles. The van der Waals surface area contributed by atoms with Crippen LogP contribution in [0.3, 0.4) is 0 Å². The van der Waals surface area contributed by atoms with E-state index in [1.807, 2.05) is 0 Å². The highest BCUT2D eigenvalue weighted by Crippen LogP contribution is 2.26. The zero-order valence-electron chi connectivity index (χ0n) is 11.8. The molecule has 1 N–H and O–H groups in total. The van der Waals surface area contributed by atoms with E-state index in [9.17, 15) is 8.42 Å². The highest BCUT2D eigenvalue weighted by molar-refractivity contribution is 7.92. The number of benzene rings is 1. The molecule has 7 heteroatoms. The molecule has 2 aromatic rings. The molecule has 0 aliphatic heterocycles. The minimum atomic E-state index is -3.72. The number of halogens is 1. The van der Waals surface area contributed by atoms with Gasteiger partial charge in [-0.15, -0.1) is 0 Å². The molecule has 1 aromatic carbocycles. The number of pyridine rings is 1. The van der Waals surface area contributed by atoms with E-state index < -0.39 is 10.0 Å². The first-order valence-electron chi connectivity index (χ1n) is 6.13. The number of methoxy groups -OCH3 is 1. The molecule has 0 aliphatic rings. The van der Waals surface area contributed by atoms with Crippen LogP contribution in [0, 0.1) is 13.8 Å². The first kappa shape index (κ1) is 15.6. The second-order valence-corrected chi connectivity index (χ2v) is 6.64. The second-order valence-electron chi connectivity index (χ2n) is 4.55. The maximum absolute atomic E-state index is 12.4. The average molecular weight is 327 g/mol. The van der Waals surface area contributed by atoms with E-state index in [2.05, 4.69) is 9.71 Å². The Hall–Kier alpha value is -1.79. The van der Waals surface area contributed by atoms with Gasteiger partial charge in [-0.05, 0) is 49.2 Å². The summed E-state index contributed by atoms with van der Waals surface area (Å²) in [6, 6.07) is 6.34. The molecule has 112 valence electrons. The van der Waals surface area contributed by atoms with Crippen molar-refractivity contribution >= 4 is 27.4 Å². The number of anilines is 1. The van der Waals surface area contributed by atoms with Crippen molar-refractivity contribution in [3.05, 3.63) is 46.6 Å². The van der Waals surface area contributed by atoms with E-state index in [4.69, 9.17) is 16.3 Å². The smallest absolute Gasteiger partial charge is 0.263 e. The van der Waals surface area contributed by atoms with E-state index in [-0.39, 0.29) is 10.7 Å². The van der Waals surface area contributed by atoms with E-state index in [1.165, 1.54) is 12.3 Å². The number of hydrogen-bond donors (Lipinski definition) is 1. The molecule has 0 atom stereocenters. The molecule has 0 amide bonds. The minimum absolute atomic E-state index is 0.192. The van der Waals surface area contributed by atoms with Crippen LogP contribution in [-0.2, 0) is 10.0 Å². The predicted octanol–water partition coefficient (Wildman–Crippen LogP) is 3.16. The van der Waals surface area contributed by atoms with Gasteiger partial charge in [-0.1, -0.05) is 11.6 Å². The Bertz CT molecular complexity index is 759. The molecular weight excluding hydrogens is 312 g/mol. The molecule has 0 unspecified atom stereocenters. The Kier molecular flexibility index (Phi) is 4.39. The molecule has 0 saturated heterocycles. The Balaban J connectivity index is 2.40. The Labute approximate surface area is 129 Å². The lowest BCUT2D eigenvalue weighted by atomic mass is 10.1. The van der Waals surface area contributed by atoms with Gasteiger partial charge in [-0.3, -0.25) is 4.72 Å². The molecule has 0 bridgehead atoms. The third-order valence-electron chi connectivity index (χ3n) is 2.95. The number of hydrogen-bond acceptors (Lipinski definition) is 4. The van der Waals surface area contributed by atoms with Gasteiger partial charge in [0.05, 0.1) is 17.0 Å². The van der Waals surface area contributed by atoms with Crippen LogP contribution < -0.4 is 9.46 Å². The molecule has 1 heterocycles. The molecular formula is C14H15ClN2O3S. The van der Waals surface area contributed by atoms with Crippen molar-refractivity contribution in [2.75, 3.05) is 11.8 Å². The van der Waals surface area contributed by atoms with Crippen molar-refractivity contribution in [1.82, 2.24) is 4.98 Å². The number of aromatic nitrogens is 1. The summed E-state index contributed by atoms with van der Waals surface area (Å²) < 4.78 is 32.5. The molecule has 0 radical (unpaired) electrons. The Morgan fingerprint density at radius 1 is 1.19 bits per heavy atom. The maximum Gasteiger partial charge on any atom is 0.263 e. The summed E-state index contributed by atoms with van der Waals surface area (Å²) in [6.45, 7) is 3.50. The van der Waals surface area contributed by atoms with Crippen molar-refractivity contribution in [1.29, 1.82) is 0 Å². The minimum Gasteiger partial charge on any atom is -0.496 e. The van der Waals surface area contributed by atoms with Gasteiger partial charge in [0.1, 0.15) is 11.6 Å². The highest BCUT2D eigenvalue weighted by Gasteiger charge is 2.19. The zero-order valence-corrected chi connectivity index (χ0v) is 13.4. The summed E-state index contributed by atoms with van der Waals surface area (Å²) in [5.41, 5.74) is 1.34. The van der Waals surface area contributed by atoms with Gasteiger partial charge in [0, 0.05) is 6.20 Å². The SMILES string of the molecule is COc1cc(C)c(S(=O)(=O)Nc2ccc(Cl)cn2)cc1C. The van der Waals surface area contributed by atoms with Crippen molar-refractivity contribution in [3.8, 4) is 5.75 Å². The molecule has 0 fully saturated rings. The molecule has 2 rings (SSSR count). The summed E-state index contributed by atoms with van der Waals surface area (Å²) in [4.78, 5) is 4.12. The lowest BCUT2D eigenvalue weighted by Gasteiger charge is -2.13. The third-order valence-corrected chi connectivity index (χ3v) is 4.67. The van der Waals surface area contributed by atoms with Crippen LogP contribution in [0.5, 0.6) is 5.75 Å². The van der Waals surface area contributed by atoms with Crippen LogP contribution in [-0.4, -0.2) is 20.5 Å². The summed E-state index contributed by atoms with van der Waals surface area (Å²) in [6.07, 6.45) is 1.38. The van der Waals surface area contributed by atoms with Gasteiger partial charge in [0.2, 0.25) is 0 Å². The lowest BCUT2D eigenvalue weighted by molar-refractivity contribution is 0.411. The predicted molar refractivity (Wildman–Crippen MR) is 82.5 cm³/mol. The normalized spacial score (nSPS) is 11.2. The van der Waals surface area contributed by atoms with Gasteiger partial charge >= 0.3 is 0 Å². The second kappa shape index (κ2) is 5.91. The summed E-state index contributed by atoms with van der Waals surface area (Å²) in [7, 11) is -2.17. The zero-order chi connectivity index (χ0) is 15.6. The van der Waals surface area contributed by atoms with Crippen molar-refractivity contribution < 1.29 is 13.2 Å².